The predicted molar refractivity (Wildman–Crippen MR) is 54.5 cm³/mol. The van der Waals surface area contributed by atoms with Gasteiger partial charge in [0.1, 0.15) is 12.5 Å². The van der Waals surface area contributed by atoms with Crippen LogP contribution in [0.5, 0.6) is 5.75 Å². The molecule has 1 rings (SSSR count). The number of benzene rings is 1. The van der Waals surface area contributed by atoms with Crippen LogP contribution in [-0.4, -0.2) is 20.3 Å². The highest BCUT2D eigenvalue weighted by atomic mass is 19.4. The summed E-state index contributed by atoms with van der Waals surface area (Å²) in [5.41, 5.74) is 1.16. The maximum absolute atomic E-state index is 12.1. The molecule has 0 saturated carbocycles. The summed E-state index contributed by atoms with van der Waals surface area (Å²) in [7, 11) is 1.43. The minimum atomic E-state index is -4.70. The summed E-state index contributed by atoms with van der Waals surface area (Å²) in [5.74, 6) is -0.251. The number of methoxy groups -OCH3 is 1. The van der Waals surface area contributed by atoms with Gasteiger partial charge in [-0.1, -0.05) is 17.7 Å². The van der Waals surface area contributed by atoms with E-state index in [-0.39, 0.29) is 19.1 Å². The van der Waals surface area contributed by atoms with Crippen molar-refractivity contribution in [1.82, 2.24) is 0 Å². The van der Waals surface area contributed by atoms with Crippen LogP contribution in [0.2, 0.25) is 0 Å². The Labute approximate surface area is 97.1 Å². The third kappa shape index (κ3) is 5.06. The maximum Gasteiger partial charge on any atom is 0.573 e. The first-order valence-electron chi connectivity index (χ1n) is 4.84. The van der Waals surface area contributed by atoms with Crippen LogP contribution in [0.1, 0.15) is 11.1 Å². The first kappa shape index (κ1) is 13.8. The van der Waals surface area contributed by atoms with Crippen molar-refractivity contribution in [3.8, 4) is 5.75 Å². The first-order valence-corrected chi connectivity index (χ1v) is 4.84. The van der Waals surface area contributed by atoms with Crippen molar-refractivity contribution in [1.29, 1.82) is 0 Å². The van der Waals surface area contributed by atoms with Crippen molar-refractivity contribution >= 4 is 0 Å². The molecule has 0 aromatic heterocycles. The van der Waals surface area contributed by atoms with E-state index in [0.29, 0.717) is 5.56 Å². The molecule has 0 aliphatic carbocycles. The second-order valence-electron chi connectivity index (χ2n) is 3.41. The monoisotopic (exact) mass is 250 g/mol. The van der Waals surface area contributed by atoms with Crippen LogP contribution in [-0.2, 0) is 16.1 Å². The van der Waals surface area contributed by atoms with E-state index < -0.39 is 6.36 Å². The number of rotatable bonds is 5. The van der Waals surface area contributed by atoms with E-state index in [4.69, 9.17) is 4.74 Å². The fraction of sp³-hybridized carbons (Fsp3) is 0.455. The minimum Gasteiger partial charge on any atom is -0.405 e. The highest BCUT2D eigenvalue weighted by molar-refractivity contribution is 5.36. The van der Waals surface area contributed by atoms with E-state index >= 15 is 0 Å². The molecule has 0 aliphatic heterocycles. The summed E-state index contributed by atoms with van der Waals surface area (Å²) >= 11 is 0. The molecule has 0 bridgehead atoms. The number of halogens is 3. The van der Waals surface area contributed by atoms with E-state index in [1.165, 1.54) is 13.2 Å². The third-order valence-corrected chi connectivity index (χ3v) is 1.90. The lowest BCUT2D eigenvalue weighted by molar-refractivity contribution is -0.275. The Bertz CT molecular complexity index is 363. The zero-order valence-electron chi connectivity index (χ0n) is 9.50. The molecule has 0 fully saturated rings. The summed E-state index contributed by atoms with van der Waals surface area (Å²) in [4.78, 5) is 0. The average molecular weight is 250 g/mol. The predicted octanol–water partition coefficient (Wildman–Crippen LogP) is 3.01. The largest absolute Gasteiger partial charge is 0.573 e. The molecule has 1 aromatic rings. The zero-order chi connectivity index (χ0) is 12.9. The van der Waals surface area contributed by atoms with Crippen molar-refractivity contribution < 1.29 is 27.4 Å². The standard InChI is InChI=1S/C11H13F3O3/c1-8-3-4-10(17-11(12,13)14)9(5-8)6-16-7-15-2/h3-5H,6-7H2,1-2H3. The van der Waals surface area contributed by atoms with Crippen molar-refractivity contribution in [2.45, 2.75) is 19.9 Å². The quantitative estimate of drug-likeness (QED) is 0.594. The van der Waals surface area contributed by atoms with Crippen LogP contribution in [0.15, 0.2) is 18.2 Å². The van der Waals surface area contributed by atoms with E-state index in [9.17, 15) is 13.2 Å². The molecular formula is C11H13F3O3. The van der Waals surface area contributed by atoms with Crippen molar-refractivity contribution in [2.24, 2.45) is 0 Å². The number of aryl methyl sites for hydroxylation is 1. The molecule has 0 saturated heterocycles. The molecule has 0 aliphatic rings. The molecule has 3 nitrogen and oxygen atoms in total. The lowest BCUT2D eigenvalue weighted by Gasteiger charge is -2.14. The molecule has 0 radical (unpaired) electrons. The number of hydrogen-bond acceptors (Lipinski definition) is 3. The summed E-state index contributed by atoms with van der Waals surface area (Å²) in [6.07, 6.45) is -4.70. The molecule has 0 amide bonds. The van der Waals surface area contributed by atoms with Crippen LogP contribution in [0.3, 0.4) is 0 Å². The van der Waals surface area contributed by atoms with Gasteiger partial charge in [-0.05, 0) is 13.0 Å². The molecular weight excluding hydrogens is 237 g/mol. The Hall–Kier alpha value is -1.27. The van der Waals surface area contributed by atoms with Gasteiger partial charge in [-0.15, -0.1) is 13.2 Å². The second-order valence-corrected chi connectivity index (χ2v) is 3.41. The topological polar surface area (TPSA) is 27.7 Å². The smallest absolute Gasteiger partial charge is 0.405 e. The van der Waals surface area contributed by atoms with Crippen LogP contribution in [0.4, 0.5) is 13.2 Å². The van der Waals surface area contributed by atoms with Gasteiger partial charge < -0.3 is 14.2 Å². The summed E-state index contributed by atoms with van der Waals surface area (Å²) in [6.45, 7) is 1.79. The highest BCUT2D eigenvalue weighted by Crippen LogP contribution is 2.27. The van der Waals surface area contributed by atoms with E-state index in [1.54, 1.807) is 19.1 Å². The van der Waals surface area contributed by atoms with Gasteiger partial charge in [-0.3, -0.25) is 0 Å². The number of alkyl halides is 3. The number of hydrogen-bond donors (Lipinski definition) is 0. The van der Waals surface area contributed by atoms with Crippen molar-refractivity contribution in [3.05, 3.63) is 29.3 Å². The number of ether oxygens (including phenoxy) is 3. The normalized spacial score (nSPS) is 11.6. The van der Waals surface area contributed by atoms with E-state index in [2.05, 4.69) is 9.47 Å². The third-order valence-electron chi connectivity index (χ3n) is 1.90. The summed E-state index contributed by atoms with van der Waals surface area (Å²) in [5, 5.41) is 0. The molecule has 6 heteroatoms. The van der Waals surface area contributed by atoms with E-state index in [0.717, 1.165) is 5.56 Å². The highest BCUT2D eigenvalue weighted by Gasteiger charge is 2.32. The summed E-state index contributed by atoms with van der Waals surface area (Å²) in [6, 6.07) is 4.39. The zero-order valence-corrected chi connectivity index (χ0v) is 9.50. The van der Waals surface area contributed by atoms with Gasteiger partial charge in [0.25, 0.3) is 0 Å². The van der Waals surface area contributed by atoms with Crippen LogP contribution < -0.4 is 4.74 Å². The fourth-order valence-corrected chi connectivity index (χ4v) is 1.28. The molecule has 0 unspecified atom stereocenters. The minimum absolute atomic E-state index is 0.000926. The van der Waals surface area contributed by atoms with Crippen LogP contribution >= 0.6 is 0 Å². The van der Waals surface area contributed by atoms with Crippen LogP contribution in [0.25, 0.3) is 0 Å². The molecule has 0 atom stereocenters. The van der Waals surface area contributed by atoms with Gasteiger partial charge in [-0.2, -0.15) is 0 Å². The average Bonchev–Trinajstić information content (AvgIpc) is 2.20. The Morgan fingerprint density at radius 1 is 1.24 bits per heavy atom. The maximum atomic E-state index is 12.1. The van der Waals surface area contributed by atoms with Gasteiger partial charge in [0, 0.05) is 12.7 Å². The Kier molecular flexibility index (Phi) is 4.77. The van der Waals surface area contributed by atoms with Gasteiger partial charge in [0.05, 0.1) is 6.61 Å². The molecule has 1 aromatic carbocycles. The molecule has 96 valence electrons. The fourth-order valence-electron chi connectivity index (χ4n) is 1.28. The molecule has 0 heterocycles. The lowest BCUT2D eigenvalue weighted by Crippen LogP contribution is -2.18. The molecule has 0 spiro atoms. The second kappa shape index (κ2) is 5.88. The molecule has 17 heavy (non-hydrogen) atoms. The van der Waals surface area contributed by atoms with Crippen molar-refractivity contribution in [3.63, 3.8) is 0 Å². The Morgan fingerprint density at radius 3 is 2.53 bits per heavy atom. The van der Waals surface area contributed by atoms with Gasteiger partial charge >= 0.3 is 6.36 Å². The van der Waals surface area contributed by atoms with Crippen LogP contribution in [0, 0.1) is 6.92 Å². The SMILES string of the molecule is COCOCc1cc(C)ccc1OC(F)(F)F. The van der Waals surface area contributed by atoms with Gasteiger partial charge in [0.15, 0.2) is 0 Å². The van der Waals surface area contributed by atoms with E-state index in [1.807, 2.05) is 0 Å². The van der Waals surface area contributed by atoms with Gasteiger partial charge in [-0.25, -0.2) is 0 Å². The lowest BCUT2D eigenvalue weighted by atomic mass is 10.1. The Balaban J connectivity index is 2.80. The van der Waals surface area contributed by atoms with Crippen molar-refractivity contribution in [2.75, 3.05) is 13.9 Å². The summed E-state index contributed by atoms with van der Waals surface area (Å²) < 4.78 is 49.9. The van der Waals surface area contributed by atoms with Gasteiger partial charge in [0.2, 0.25) is 0 Å². The first-order chi connectivity index (χ1) is 7.92. The molecule has 0 N–H and O–H groups in total. The Morgan fingerprint density at radius 2 is 1.94 bits per heavy atom.